The molecule has 3 saturated heterocycles. The number of fused-ring (bicyclic) bond motifs is 1. The van der Waals surface area contributed by atoms with Gasteiger partial charge >= 0.3 is 0 Å². The third kappa shape index (κ3) is 3.18. The van der Waals surface area contributed by atoms with Crippen LogP contribution < -0.4 is 10.6 Å². The summed E-state index contributed by atoms with van der Waals surface area (Å²) in [5, 5.41) is 15.9. The number of aryl methyl sites for hydroxylation is 2. The van der Waals surface area contributed by atoms with Crippen LogP contribution in [0.15, 0.2) is 18.2 Å². The number of benzene rings is 1. The van der Waals surface area contributed by atoms with Crippen molar-refractivity contribution in [3.8, 4) is 0 Å². The summed E-state index contributed by atoms with van der Waals surface area (Å²) in [7, 11) is 1.59. The molecule has 3 fully saturated rings. The van der Waals surface area contributed by atoms with E-state index in [1.54, 1.807) is 23.7 Å². The number of hydrogen-bond acceptors (Lipinski definition) is 5. The number of rotatable bonds is 6. The number of aliphatic hydroxyl groups excluding tert-OH is 1. The van der Waals surface area contributed by atoms with Gasteiger partial charge in [0.15, 0.2) is 0 Å². The van der Waals surface area contributed by atoms with Crippen molar-refractivity contribution in [2.45, 2.75) is 62.1 Å². The quantitative estimate of drug-likeness (QED) is 0.621. The van der Waals surface area contributed by atoms with E-state index in [2.05, 4.69) is 10.6 Å². The van der Waals surface area contributed by atoms with Crippen molar-refractivity contribution in [1.82, 2.24) is 10.2 Å². The smallest absolute Gasteiger partial charge is 0.248 e. The van der Waals surface area contributed by atoms with Crippen LogP contribution in [0.4, 0.5) is 5.69 Å². The lowest BCUT2D eigenvalue weighted by Gasteiger charge is -2.37. The van der Waals surface area contributed by atoms with Crippen LogP contribution in [0.1, 0.15) is 37.3 Å². The fourth-order valence-corrected chi connectivity index (χ4v) is 8.07. The molecule has 3 aliphatic heterocycles. The summed E-state index contributed by atoms with van der Waals surface area (Å²) in [5.41, 5.74) is 2.68. The molecule has 8 heteroatoms. The second kappa shape index (κ2) is 8.13. The Bertz CT molecular complexity index is 898. The summed E-state index contributed by atoms with van der Waals surface area (Å²) in [6.07, 6.45) is 2.07. The molecule has 0 saturated carbocycles. The summed E-state index contributed by atoms with van der Waals surface area (Å²) in [4.78, 5) is 41.8. The van der Waals surface area contributed by atoms with Crippen LogP contribution in [0.25, 0.3) is 0 Å². The van der Waals surface area contributed by atoms with E-state index in [0.29, 0.717) is 6.42 Å². The number of nitrogens with one attached hydrogen (secondary N) is 2. The molecule has 6 atom stereocenters. The van der Waals surface area contributed by atoms with Crippen LogP contribution >= 0.6 is 11.8 Å². The normalized spacial score (nSPS) is 32.2. The van der Waals surface area contributed by atoms with Gasteiger partial charge in [0.05, 0.1) is 29.2 Å². The number of thioether (sulfide) groups is 1. The van der Waals surface area contributed by atoms with E-state index in [1.165, 1.54) is 0 Å². The highest BCUT2D eigenvalue weighted by Crippen LogP contribution is 2.66. The van der Waals surface area contributed by atoms with Crippen molar-refractivity contribution in [3.05, 3.63) is 29.3 Å². The molecule has 168 valence electrons. The topological polar surface area (TPSA) is 98.7 Å². The van der Waals surface area contributed by atoms with E-state index in [-0.39, 0.29) is 29.6 Å². The highest BCUT2D eigenvalue weighted by Gasteiger charge is 2.74. The molecule has 1 aromatic rings. The minimum atomic E-state index is -0.717. The molecule has 4 rings (SSSR count). The van der Waals surface area contributed by atoms with Gasteiger partial charge in [0.25, 0.3) is 0 Å². The van der Waals surface area contributed by atoms with Gasteiger partial charge in [-0.3, -0.25) is 14.4 Å². The Hall–Kier alpha value is -2.06. The predicted molar refractivity (Wildman–Crippen MR) is 121 cm³/mol. The number of amides is 3. The first-order valence-electron chi connectivity index (χ1n) is 11.0. The second-order valence-electron chi connectivity index (χ2n) is 8.92. The van der Waals surface area contributed by atoms with Crippen LogP contribution in [0, 0.1) is 25.7 Å². The van der Waals surface area contributed by atoms with Gasteiger partial charge in [-0.25, -0.2) is 0 Å². The maximum atomic E-state index is 13.8. The zero-order valence-electron chi connectivity index (χ0n) is 18.5. The first-order chi connectivity index (χ1) is 14.8. The average Bonchev–Trinajstić information content (AvgIpc) is 3.39. The Morgan fingerprint density at radius 1 is 1.29 bits per heavy atom. The summed E-state index contributed by atoms with van der Waals surface area (Å²) >= 11 is 1.64. The van der Waals surface area contributed by atoms with Gasteiger partial charge in [-0.15, -0.1) is 11.8 Å². The molecule has 3 N–H and O–H groups in total. The zero-order valence-corrected chi connectivity index (χ0v) is 19.3. The molecule has 0 aliphatic carbocycles. The van der Waals surface area contributed by atoms with Crippen LogP contribution in [0.2, 0.25) is 0 Å². The number of nitrogens with zero attached hydrogens (tertiary/aromatic N) is 1. The molecule has 31 heavy (non-hydrogen) atoms. The molecule has 0 aromatic heterocycles. The predicted octanol–water partition coefficient (Wildman–Crippen LogP) is 1.85. The number of aliphatic hydroxyl groups is 1. The van der Waals surface area contributed by atoms with Crippen LogP contribution in [0.5, 0.6) is 0 Å². The van der Waals surface area contributed by atoms with Gasteiger partial charge in [-0.1, -0.05) is 25.1 Å². The Morgan fingerprint density at radius 2 is 1.97 bits per heavy atom. The maximum absolute atomic E-state index is 13.8. The van der Waals surface area contributed by atoms with Crippen molar-refractivity contribution >= 4 is 35.2 Å². The van der Waals surface area contributed by atoms with E-state index < -0.39 is 28.7 Å². The monoisotopic (exact) mass is 445 g/mol. The molecule has 3 amide bonds. The van der Waals surface area contributed by atoms with Gasteiger partial charge in [0, 0.05) is 18.0 Å². The molecular formula is C23H31N3O4S. The third-order valence-corrected chi connectivity index (χ3v) is 9.29. The minimum Gasteiger partial charge on any atom is -0.394 e. The Labute approximate surface area is 187 Å². The van der Waals surface area contributed by atoms with E-state index >= 15 is 0 Å². The molecule has 3 heterocycles. The highest BCUT2D eigenvalue weighted by atomic mass is 32.2. The molecule has 7 nitrogen and oxygen atoms in total. The van der Waals surface area contributed by atoms with Crippen LogP contribution in [0.3, 0.4) is 0 Å². The summed E-state index contributed by atoms with van der Waals surface area (Å²) in [5.74, 6) is -1.51. The molecule has 1 spiro atoms. The van der Waals surface area contributed by atoms with Crippen molar-refractivity contribution in [3.63, 3.8) is 0 Å². The zero-order chi connectivity index (χ0) is 22.5. The molecule has 2 bridgehead atoms. The van der Waals surface area contributed by atoms with Gasteiger partial charge in [-0.05, 0) is 44.2 Å². The first kappa shape index (κ1) is 22.1. The number of hydrogen-bond donors (Lipinski definition) is 3. The molecule has 1 aromatic carbocycles. The average molecular weight is 446 g/mol. The SMILES string of the molecule is CC[C@@H](CO)N1C(=O)[C@@H]2[C@H](C(=O)NC)[C@@H]3CCC2(S3)C1C(=O)Nc1c(C)cccc1C. The van der Waals surface area contributed by atoms with Crippen molar-refractivity contribution in [2.24, 2.45) is 11.8 Å². The number of anilines is 1. The van der Waals surface area contributed by atoms with E-state index in [4.69, 9.17) is 0 Å². The standard InChI is InChI=1S/C23H31N3O4S/c1-5-14(11-27)26-19(21(29)25-18-12(2)7-6-8-13(18)3)23-10-9-15(31-23)16(20(28)24-4)17(23)22(26)30/h6-8,14-17,19,27H,5,9-11H2,1-4H3,(H,24,28)(H,25,29)/t14-,15-,16+,17-,19?,23?/m0/s1. The molecule has 2 unspecified atom stereocenters. The molecular weight excluding hydrogens is 414 g/mol. The van der Waals surface area contributed by atoms with E-state index in [9.17, 15) is 19.5 Å². The minimum absolute atomic E-state index is 0.0424. The highest BCUT2D eigenvalue weighted by molar-refractivity contribution is 8.02. The maximum Gasteiger partial charge on any atom is 0.248 e. The van der Waals surface area contributed by atoms with E-state index in [0.717, 1.165) is 29.7 Å². The summed E-state index contributed by atoms with van der Waals surface area (Å²) in [6, 6.07) is 4.67. The summed E-state index contributed by atoms with van der Waals surface area (Å²) in [6.45, 7) is 5.58. The Kier molecular flexibility index (Phi) is 5.81. The van der Waals surface area contributed by atoms with Crippen molar-refractivity contribution in [2.75, 3.05) is 19.0 Å². The fourth-order valence-electron chi connectivity index (χ4n) is 5.87. The van der Waals surface area contributed by atoms with Crippen LogP contribution in [-0.2, 0) is 14.4 Å². The number of para-hydroxylation sites is 1. The van der Waals surface area contributed by atoms with E-state index in [1.807, 2.05) is 39.0 Å². The lowest BCUT2D eigenvalue weighted by Crippen LogP contribution is -2.54. The van der Waals surface area contributed by atoms with Gasteiger partial charge in [0.2, 0.25) is 17.7 Å². The lowest BCUT2D eigenvalue weighted by atomic mass is 9.70. The second-order valence-corrected chi connectivity index (χ2v) is 10.5. The van der Waals surface area contributed by atoms with Crippen LogP contribution in [-0.4, -0.2) is 63.5 Å². The fraction of sp³-hybridized carbons (Fsp3) is 0.609. The Balaban J connectivity index is 1.77. The third-order valence-electron chi connectivity index (χ3n) is 7.34. The summed E-state index contributed by atoms with van der Waals surface area (Å²) < 4.78 is -0.637. The van der Waals surface area contributed by atoms with Gasteiger partial charge in [-0.2, -0.15) is 0 Å². The van der Waals surface area contributed by atoms with Gasteiger partial charge in [0.1, 0.15) is 6.04 Å². The number of likely N-dealkylation sites (tertiary alicyclic amines) is 1. The largest absolute Gasteiger partial charge is 0.394 e. The van der Waals surface area contributed by atoms with Crippen molar-refractivity contribution < 1.29 is 19.5 Å². The first-order valence-corrected chi connectivity index (χ1v) is 11.9. The lowest BCUT2D eigenvalue weighted by molar-refractivity contribution is -0.142. The van der Waals surface area contributed by atoms with Gasteiger partial charge < -0.3 is 20.6 Å². The Morgan fingerprint density at radius 3 is 2.55 bits per heavy atom. The molecule has 0 radical (unpaired) electrons. The number of carbonyl (C=O) groups excluding carboxylic acids is 3. The van der Waals surface area contributed by atoms with Crippen molar-refractivity contribution in [1.29, 1.82) is 0 Å². The number of carbonyl (C=O) groups is 3. The molecule has 3 aliphatic rings.